The maximum Gasteiger partial charge on any atom is 0.417 e. The number of rotatable bonds is 4. The lowest BCUT2D eigenvalue weighted by atomic mass is 10.2. The van der Waals surface area contributed by atoms with Gasteiger partial charge in [0.05, 0.1) is 12.1 Å². The first-order valence-electron chi connectivity index (χ1n) is 9.59. The van der Waals surface area contributed by atoms with Crippen LogP contribution in [-0.4, -0.2) is 55.0 Å². The van der Waals surface area contributed by atoms with Crippen molar-refractivity contribution in [2.75, 3.05) is 43.5 Å². The van der Waals surface area contributed by atoms with Crippen LogP contribution in [0, 0.1) is 0 Å². The normalized spacial score (nSPS) is 14.2. The number of carbonyl (C=O) groups excluding carboxylic acids is 2. The van der Waals surface area contributed by atoms with Gasteiger partial charge in [-0.05, 0) is 29.8 Å². The lowest BCUT2D eigenvalue weighted by Crippen LogP contribution is -2.51. The first kappa shape index (κ1) is 19.7. The van der Waals surface area contributed by atoms with E-state index in [4.69, 9.17) is 9.15 Å². The van der Waals surface area contributed by atoms with Crippen LogP contribution in [0.1, 0.15) is 5.56 Å². The van der Waals surface area contributed by atoms with Gasteiger partial charge in [-0.1, -0.05) is 12.1 Å². The van der Waals surface area contributed by atoms with E-state index in [1.165, 1.54) is 6.07 Å². The highest BCUT2D eigenvalue weighted by Gasteiger charge is 2.26. The van der Waals surface area contributed by atoms with E-state index in [2.05, 4.69) is 15.2 Å². The summed E-state index contributed by atoms with van der Waals surface area (Å²) in [4.78, 5) is 42.4. The Bertz CT molecular complexity index is 1110. The number of anilines is 2. The van der Waals surface area contributed by atoms with Crippen LogP contribution in [0.15, 0.2) is 51.7 Å². The van der Waals surface area contributed by atoms with Crippen LogP contribution < -0.4 is 16.0 Å². The molecule has 3 aromatic rings. The number of hydrogen-bond acceptors (Lipinski definition) is 6. The highest BCUT2D eigenvalue weighted by molar-refractivity contribution is 6.39. The fraction of sp³-hybridized carbons (Fsp3) is 0.286. The van der Waals surface area contributed by atoms with Gasteiger partial charge in [0, 0.05) is 50.7 Å². The van der Waals surface area contributed by atoms with Crippen LogP contribution in [0.25, 0.3) is 11.1 Å². The highest BCUT2D eigenvalue weighted by atomic mass is 16.5. The summed E-state index contributed by atoms with van der Waals surface area (Å²) in [7, 11) is 1.66. The van der Waals surface area contributed by atoms with Gasteiger partial charge in [0.1, 0.15) is 0 Å². The Labute approximate surface area is 172 Å². The Morgan fingerprint density at radius 1 is 1.10 bits per heavy atom. The minimum Gasteiger partial charge on any atom is -0.408 e. The Kier molecular flexibility index (Phi) is 5.53. The van der Waals surface area contributed by atoms with Crippen molar-refractivity contribution in [1.29, 1.82) is 0 Å². The molecule has 9 nitrogen and oxygen atoms in total. The molecule has 2 heterocycles. The standard InChI is InChI=1S/C21H22N4O5/c1-29-13-14-2-5-16(6-3-14)24-8-10-25(11-9-24)20(27)19(26)22-15-4-7-17-18(12-15)30-21(28)23-17/h2-7,12H,8-11,13H2,1H3,(H,22,26)(H,23,28). The monoisotopic (exact) mass is 410 g/mol. The molecule has 1 aliphatic heterocycles. The molecule has 2 aromatic carbocycles. The second-order valence-corrected chi connectivity index (χ2v) is 7.06. The Hall–Kier alpha value is -3.59. The summed E-state index contributed by atoms with van der Waals surface area (Å²) < 4.78 is 10.1. The summed E-state index contributed by atoms with van der Waals surface area (Å²) >= 11 is 0. The van der Waals surface area contributed by atoms with Crippen LogP contribution in [0.2, 0.25) is 0 Å². The van der Waals surface area contributed by atoms with Gasteiger partial charge in [0.15, 0.2) is 5.58 Å². The van der Waals surface area contributed by atoms with E-state index in [1.54, 1.807) is 24.1 Å². The van der Waals surface area contributed by atoms with Crippen LogP contribution >= 0.6 is 0 Å². The van der Waals surface area contributed by atoms with Gasteiger partial charge in [-0.3, -0.25) is 14.6 Å². The molecule has 0 radical (unpaired) electrons. The second-order valence-electron chi connectivity index (χ2n) is 7.06. The summed E-state index contributed by atoms with van der Waals surface area (Å²) in [5.41, 5.74) is 3.40. The molecule has 0 bridgehead atoms. The number of piperazine rings is 1. The fourth-order valence-electron chi connectivity index (χ4n) is 3.49. The van der Waals surface area contributed by atoms with Crippen LogP contribution in [0.4, 0.5) is 11.4 Å². The third kappa shape index (κ3) is 4.20. The second kappa shape index (κ2) is 8.42. The summed E-state index contributed by atoms with van der Waals surface area (Å²) in [5.74, 6) is -1.87. The van der Waals surface area contributed by atoms with Crippen LogP contribution in [0.5, 0.6) is 0 Å². The van der Waals surface area contributed by atoms with Gasteiger partial charge in [-0.25, -0.2) is 4.79 Å². The zero-order valence-corrected chi connectivity index (χ0v) is 16.5. The third-order valence-corrected chi connectivity index (χ3v) is 5.05. The third-order valence-electron chi connectivity index (χ3n) is 5.05. The molecule has 9 heteroatoms. The zero-order valence-electron chi connectivity index (χ0n) is 16.5. The topological polar surface area (TPSA) is 108 Å². The summed E-state index contributed by atoms with van der Waals surface area (Å²) in [6.07, 6.45) is 0. The molecule has 0 spiro atoms. The van der Waals surface area contributed by atoms with Gasteiger partial charge in [0.25, 0.3) is 0 Å². The number of benzene rings is 2. The number of fused-ring (bicyclic) bond motifs is 1. The molecule has 0 aliphatic carbocycles. The number of H-pyrrole nitrogens is 1. The molecule has 1 saturated heterocycles. The SMILES string of the molecule is COCc1ccc(N2CCN(C(=O)C(=O)Nc3ccc4[nH]c(=O)oc4c3)CC2)cc1. The maximum atomic E-state index is 12.5. The van der Waals surface area contributed by atoms with Crippen molar-refractivity contribution in [3.63, 3.8) is 0 Å². The smallest absolute Gasteiger partial charge is 0.408 e. The number of hydrogen-bond donors (Lipinski definition) is 2. The van der Waals surface area contributed by atoms with Crippen LogP contribution in [0.3, 0.4) is 0 Å². The van der Waals surface area contributed by atoms with E-state index >= 15 is 0 Å². The minimum absolute atomic E-state index is 0.315. The van der Waals surface area contributed by atoms with Gasteiger partial charge in [-0.15, -0.1) is 0 Å². The largest absolute Gasteiger partial charge is 0.417 e. The molecule has 0 unspecified atom stereocenters. The predicted octanol–water partition coefficient (Wildman–Crippen LogP) is 1.55. The van der Waals surface area contributed by atoms with Crippen molar-refractivity contribution in [3.8, 4) is 0 Å². The highest BCUT2D eigenvalue weighted by Crippen LogP contribution is 2.19. The Balaban J connectivity index is 1.33. The first-order chi connectivity index (χ1) is 14.5. The van der Waals surface area contributed by atoms with E-state index in [1.807, 2.05) is 24.3 Å². The number of amides is 2. The maximum absolute atomic E-state index is 12.5. The molecule has 4 rings (SSSR count). The van der Waals surface area contributed by atoms with Crippen molar-refractivity contribution in [2.45, 2.75) is 6.61 Å². The molecular weight excluding hydrogens is 388 g/mol. The molecule has 30 heavy (non-hydrogen) atoms. The van der Waals surface area contributed by atoms with Gasteiger partial charge >= 0.3 is 17.6 Å². The van der Waals surface area contributed by atoms with E-state index in [9.17, 15) is 14.4 Å². The van der Waals surface area contributed by atoms with E-state index < -0.39 is 17.6 Å². The minimum atomic E-state index is -0.718. The molecule has 1 aliphatic rings. The molecule has 0 atom stereocenters. The zero-order chi connectivity index (χ0) is 21.1. The number of nitrogens with one attached hydrogen (secondary N) is 2. The number of carbonyl (C=O) groups is 2. The van der Waals surface area contributed by atoms with Crippen molar-refractivity contribution in [2.24, 2.45) is 0 Å². The molecular formula is C21H22N4O5. The predicted molar refractivity (Wildman–Crippen MR) is 111 cm³/mol. The number of aromatic amines is 1. The average Bonchev–Trinajstić information content (AvgIpc) is 3.13. The van der Waals surface area contributed by atoms with E-state index in [-0.39, 0.29) is 0 Å². The van der Waals surface area contributed by atoms with Crippen molar-refractivity contribution in [1.82, 2.24) is 9.88 Å². The van der Waals surface area contributed by atoms with Crippen molar-refractivity contribution in [3.05, 3.63) is 58.6 Å². The summed E-state index contributed by atoms with van der Waals surface area (Å²) in [6, 6.07) is 12.8. The molecule has 2 amide bonds. The number of oxazole rings is 1. The van der Waals surface area contributed by atoms with Crippen molar-refractivity contribution < 1.29 is 18.7 Å². The average molecular weight is 410 g/mol. The Morgan fingerprint density at radius 2 is 1.83 bits per heavy atom. The number of aromatic nitrogens is 1. The molecule has 2 N–H and O–H groups in total. The molecule has 1 fully saturated rings. The molecule has 156 valence electrons. The number of ether oxygens (including phenoxy) is 1. The first-order valence-corrected chi connectivity index (χ1v) is 9.59. The Morgan fingerprint density at radius 3 is 2.53 bits per heavy atom. The summed E-state index contributed by atoms with van der Waals surface area (Å²) in [6.45, 7) is 2.77. The summed E-state index contributed by atoms with van der Waals surface area (Å²) in [5, 5.41) is 2.57. The number of nitrogens with zero attached hydrogens (tertiary/aromatic N) is 2. The van der Waals surface area contributed by atoms with E-state index in [0.29, 0.717) is 49.6 Å². The van der Waals surface area contributed by atoms with Gasteiger partial charge < -0.3 is 24.3 Å². The van der Waals surface area contributed by atoms with Gasteiger partial charge in [-0.2, -0.15) is 0 Å². The molecule has 1 aromatic heterocycles. The molecule has 0 saturated carbocycles. The quantitative estimate of drug-likeness (QED) is 0.632. The van der Waals surface area contributed by atoms with Crippen LogP contribution in [-0.2, 0) is 20.9 Å². The van der Waals surface area contributed by atoms with E-state index in [0.717, 1.165) is 11.3 Å². The van der Waals surface area contributed by atoms with Gasteiger partial charge in [0.2, 0.25) is 0 Å². The lowest BCUT2D eigenvalue weighted by Gasteiger charge is -2.35. The van der Waals surface area contributed by atoms with Crippen molar-refractivity contribution >= 4 is 34.3 Å². The lowest BCUT2D eigenvalue weighted by molar-refractivity contribution is -0.143. The number of methoxy groups -OCH3 is 1. The fourth-order valence-corrected chi connectivity index (χ4v) is 3.49.